The van der Waals surface area contributed by atoms with E-state index in [1.807, 2.05) is 18.2 Å². The topological polar surface area (TPSA) is 104 Å². The Labute approximate surface area is 187 Å². The molecule has 0 atom stereocenters. The molecule has 0 aliphatic carbocycles. The van der Waals surface area contributed by atoms with Crippen molar-refractivity contribution in [3.8, 4) is 5.75 Å². The molecule has 0 saturated carbocycles. The van der Waals surface area contributed by atoms with Crippen molar-refractivity contribution >= 4 is 40.7 Å². The first-order valence-corrected chi connectivity index (χ1v) is 9.92. The molecule has 160 valence electrons. The number of hydrogen-bond acceptors (Lipinski definition) is 6. The van der Waals surface area contributed by atoms with Crippen molar-refractivity contribution in [3.63, 3.8) is 0 Å². The summed E-state index contributed by atoms with van der Waals surface area (Å²) in [4.78, 5) is 23.2. The number of benzene rings is 3. The van der Waals surface area contributed by atoms with E-state index in [1.165, 1.54) is 18.3 Å². The molecule has 0 unspecified atom stereocenters. The fraction of sp³-hybridized carbons (Fsp3) is 0.0417. The number of aromatic carboxylic acids is 1. The summed E-state index contributed by atoms with van der Waals surface area (Å²) in [5, 5.41) is 16.1. The molecule has 4 aromatic rings. The SMILES string of the molecule is O=C([O-])c1cccc(COc2ccc(/C=N\NC(=O)c3cc4ccccc4o3)cc2Cl)c1. The molecule has 0 fully saturated rings. The molecule has 1 N–H and O–H groups in total. The van der Waals surface area contributed by atoms with Gasteiger partial charge in [-0.3, -0.25) is 4.79 Å². The average Bonchev–Trinajstić information content (AvgIpc) is 3.23. The molecule has 0 aliphatic rings. The number of para-hydroxylation sites is 1. The number of carboxylic acids is 1. The van der Waals surface area contributed by atoms with Gasteiger partial charge in [-0.2, -0.15) is 5.10 Å². The van der Waals surface area contributed by atoms with Gasteiger partial charge in [-0.15, -0.1) is 0 Å². The second-order valence-corrected chi connectivity index (χ2v) is 7.22. The number of carbonyl (C=O) groups excluding carboxylic acids is 2. The van der Waals surface area contributed by atoms with Gasteiger partial charge in [0.05, 0.1) is 17.2 Å². The molecule has 32 heavy (non-hydrogen) atoms. The zero-order valence-corrected chi connectivity index (χ0v) is 17.3. The summed E-state index contributed by atoms with van der Waals surface area (Å²) in [6, 6.07) is 20.3. The van der Waals surface area contributed by atoms with Crippen LogP contribution in [-0.2, 0) is 6.61 Å². The first kappa shape index (κ1) is 21.1. The molecule has 0 radical (unpaired) electrons. The highest BCUT2D eigenvalue weighted by molar-refractivity contribution is 6.32. The van der Waals surface area contributed by atoms with E-state index in [-0.39, 0.29) is 17.9 Å². The maximum atomic E-state index is 12.2. The van der Waals surface area contributed by atoms with Crippen molar-refractivity contribution in [2.45, 2.75) is 6.61 Å². The highest BCUT2D eigenvalue weighted by Crippen LogP contribution is 2.26. The molecule has 0 spiro atoms. The van der Waals surface area contributed by atoms with E-state index in [9.17, 15) is 14.7 Å². The fourth-order valence-corrected chi connectivity index (χ4v) is 3.22. The number of hydrogen-bond donors (Lipinski definition) is 1. The number of nitrogens with one attached hydrogen (secondary N) is 1. The lowest BCUT2D eigenvalue weighted by atomic mass is 10.1. The van der Waals surface area contributed by atoms with Gasteiger partial charge in [0, 0.05) is 5.39 Å². The van der Waals surface area contributed by atoms with E-state index >= 15 is 0 Å². The van der Waals surface area contributed by atoms with E-state index in [2.05, 4.69) is 10.5 Å². The first-order chi connectivity index (χ1) is 15.5. The number of nitrogens with zero attached hydrogens (tertiary/aromatic N) is 1. The predicted molar refractivity (Wildman–Crippen MR) is 118 cm³/mol. The Balaban J connectivity index is 1.36. The molecule has 0 bridgehead atoms. The number of amides is 1. The third kappa shape index (κ3) is 4.96. The van der Waals surface area contributed by atoms with Crippen molar-refractivity contribution in [2.24, 2.45) is 5.10 Å². The van der Waals surface area contributed by atoms with Crippen molar-refractivity contribution in [2.75, 3.05) is 0 Å². The summed E-state index contributed by atoms with van der Waals surface area (Å²) < 4.78 is 11.2. The summed E-state index contributed by atoms with van der Waals surface area (Å²) in [7, 11) is 0. The molecule has 0 aliphatic heterocycles. The smallest absolute Gasteiger partial charge is 0.307 e. The molecular formula is C24H16ClN2O5-. The number of halogens is 1. The molecular weight excluding hydrogens is 432 g/mol. The standard InChI is InChI=1S/C24H17ClN2O5/c25-19-11-15(8-9-21(19)31-14-16-4-3-6-18(10-16)24(29)30)13-26-27-23(28)22-12-17-5-1-2-7-20(17)32-22/h1-13H,14H2,(H,27,28)(H,29,30)/p-1/b26-13-. The number of ether oxygens (including phenoxy) is 1. The molecule has 0 saturated heterocycles. The number of carbonyl (C=O) groups is 2. The largest absolute Gasteiger partial charge is 0.545 e. The van der Waals surface area contributed by atoms with Crippen LogP contribution in [0.2, 0.25) is 5.02 Å². The van der Waals surface area contributed by atoms with E-state index in [0.29, 0.717) is 27.5 Å². The molecule has 1 heterocycles. The number of carboxylic acid groups (broad SMARTS) is 1. The van der Waals surface area contributed by atoms with Gasteiger partial charge >= 0.3 is 5.91 Å². The van der Waals surface area contributed by atoms with Crippen molar-refractivity contribution in [1.29, 1.82) is 0 Å². The van der Waals surface area contributed by atoms with Crippen molar-refractivity contribution in [3.05, 3.63) is 100 Å². The number of fused-ring (bicyclic) bond motifs is 1. The zero-order valence-electron chi connectivity index (χ0n) is 16.6. The van der Waals surface area contributed by atoms with Crippen LogP contribution in [0, 0.1) is 0 Å². The number of hydrazone groups is 1. The van der Waals surface area contributed by atoms with Crippen molar-refractivity contribution < 1.29 is 23.8 Å². The van der Waals surface area contributed by atoms with Crippen LogP contribution >= 0.6 is 11.6 Å². The third-order valence-electron chi connectivity index (χ3n) is 4.54. The number of rotatable bonds is 7. The minimum atomic E-state index is -1.25. The quantitative estimate of drug-likeness (QED) is 0.343. The van der Waals surface area contributed by atoms with Crippen LogP contribution in [0.5, 0.6) is 5.75 Å². The maximum absolute atomic E-state index is 12.2. The predicted octanol–water partition coefficient (Wildman–Crippen LogP) is 3.79. The van der Waals surface area contributed by atoms with Crippen LogP contribution in [0.1, 0.15) is 32.0 Å². The lowest BCUT2D eigenvalue weighted by Crippen LogP contribution is -2.22. The zero-order chi connectivity index (χ0) is 22.5. The van der Waals surface area contributed by atoms with Gasteiger partial charge in [0.25, 0.3) is 0 Å². The first-order valence-electron chi connectivity index (χ1n) is 9.54. The highest BCUT2D eigenvalue weighted by atomic mass is 35.5. The van der Waals surface area contributed by atoms with E-state index in [0.717, 1.165) is 5.39 Å². The van der Waals surface area contributed by atoms with E-state index in [4.69, 9.17) is 20.8 Å². The van der Waals surface area contributed by atoms with Crippen LogP contribution in [0.25, 0.3) is 11.0 Å². The monoisotopic (exact) mass is 447 g/mol. The lowest BCUT2D eigenvalue weighted by Gasteiger charge is -2.10. The normalized spacial score (nSPS) is 11.0. The minimum absolute atomic E-state index is 0.0773. The van der Waals surface area contributed by atoms with Gasteiger partial charge in [-0.1, -0.05) is 48.0 Å². The average molecular weight is 448 g/mol. The van der Waals surface area contributed by atoms with Gasteiger partial charge in [0.2, 0.25) is 0 Å². The van der Waals surface area contributed by atoms with Crippen LogP contribution < -0.4 is 15.3 Å². The summed E-state index contributed by atoms with van der Waals surface area (Å²) >= 11 is 6.27. The summed E-state index contributed by atoms with van der Waals surface area (Å²) in [6.07, 6.45) is 1.44. The minimum Gasteiger partial charge on any atom is -0.545 e. The Morgan fingerprint density at radius 2 is 1.91 bits per heavy atom. The molecule has 1 amide bonds. The van der Waals surface area contributed by atoms with Gasteiger partial charge in [0.15, 0.2) is 5.76 Å². The third-order valence-corrected chi connectivity index (χ3v) is 4.84. The van der Waals surface area contributed by atoms with Crippen LogP contribution in [-0.4, -0.2) is 18.1 Å². The molecule has 1 aromatic heterocycles. The van der Waals surface area contributed by atoms with E-state index < -0.39 is 11.9 Å². The van der Waals surface area contributed by atoms with Gasteiger partial charge in [-0.25, -0.2) is 5.43 Å². The summed E-state index contributed by atoms with van der Waals surface area (Å²) in [6.45, 7) is 0.141. The van der Waals surface area contributed by atoms with Crippen LogP contribution in [0.15, 0.2) is 82.3 Å². The summed E-state index contributed by atoms with van der Waals surface area (Å²) in [5.41, 5.74) is 4.42. The second kappa shape index (κ2) is 9.36. The Hall–Kier alpha value is -4.10. The Morgan fingerprint density at radius 1 is 1.06 bits per heavy atom. The van der Waals surface area contributed by atoms with Gasteiger partial charge < -0.3 is 19.1 Å². The highest BCUT2D eigenvalue weighted by Gasteiger charge is 2.11. The molecule has 3 aromatic carbocycles. The molecule has 8 heteroatoms. The Morgan fingerprint density at radius 3 is 2.69 bits per heavy atom. The number of furan rings is 1. The van der Waals surface area contributed by atoms with Crippen LogP contribution in [0.4, 0.5) is 0 Å². The maximum Gasteiger partial charge on any atom is 0.307 e. The Bertz CT molecular complexity index is 1300. The fourth-order valence-electron chi connectivity index (χ4n) is 2.98. The van der Waals surface area contributed by atoms with Crippen LogP contribution in [0.3, 0.4) is 0 Å². The molecule has 7 nitrogen and oxygen atoms in total. The second-order valence-electron chi connectivity index (χ2n) is 6.81. The van der Waals surface area contributed by atoms with E-state index in [1.54, 1.807) is 42.5 Å². The molecule has 4 rings (SSSR count). The van der Waals surface area contributed by atoms with Gasteiger partial charge in [0.1, 0.15) is 17.9 Å². The summed E-state index contributed by atoms with van der Waals surface area (Å²) in [5.74, 6) is -1.13. The van der Waals surface area contributed by atoms with Gasteiger partial charge in [-0.05, 0) is 53.1 Å². The lowest BCUT2D eigenvalue weighted by molar-refractivity contribution is -0.255. The van der Waals surface area contributed by atoms with Crippen molar-refractivity contribution in [1.82, 2.24) is 5.43 Å². The Kier molecular flexibility index (Phi) is 6.19.